The van der Waals surface area contributed by atoms with Gasteiger partial charge in [0.2, 0.25) is 0 Å². The van der Waals surface area contributed by atoms with Crippen molar-refractivity contribution in [3.8, 4) is 5.69 Å². The third-order valence-electron chi connectivity index (χ3n) is 2.40. The van der Waals surface area contributed by atoms with E-state index in [0.717, 1.165) is 11.4 Å². The van der Waals surface area contributed by atoms with Gasteiger partial charge in [-0.15, -0.1) is 5.10 Å². The molecule has 6 heteroatoms. The van der Waals surface area contributed by atoms with E-state index in [1.807, 2.05) is 0 Å². The van der Waals surface area contributed by atoms with Gasteiger partial charge in [-0.05, 0) is 18.2 Å². The number of aromatic nitrogens is 3. The number of halogens is 2. The first-order valence-corrected chi connectivity index (χ1v) is 6.41. The van der Waals surface area contributed by atoms with Gasteiger partial charge in [0.15, 0.2) is 0 Å². The van der Waals surface area contributed by atoms with Crippen molar-refractivity contribution in [1.82, 2.24) is 20.3 Å². The monoisotopic (exact) mass is 284 g/mol. The first-order chi connectivity index (χ1) is 8.56. The zero-order valence-corrected chi connectivity index (χ0v) is 11.7. The second kappa shape index (κ2) is 5.69. The molecule has 0 unspecified atom stereocenters. The lowest BCUT2D eigenvalue weighted by Crippen LogP contribution is -2.23. The Kier molecular flexibility index (Phi) is 4.22. The molecule has 0 aliphatic heterocycles. The Labute approximate surface area is 116 Å². The van der Waals surface area contributed by atoms with Crippen LogP contribution in [0.1, 0.15) is 19.5 Å². The van der Waals surface area contributed by atoms with E-state index in [1.165, 1.54) is 0 Å². The zero-order valence-electron chi connectivity index (χ0n) is 10.2. The minimum Gasteiger partial charge on any atom is -0.309 e. The highest BCUT2D eigenvalue weighted by Crippen LogP contribution is 2.22. The Hall–Kier alpha value is -1.10. The second-order valence-electron chi connectivity index (χ2n) is 4.30. The largest absolute Gasteiger partial charge is 0.309 e. The fourth-order valence-corrected chi connectivity index (χ4v) is 2.08. The van der Waals surface area contributed by atoms with Crippen molar-refractivity contribution in [3.63, 3.8) is 0 Å². The predicted octanol–water partition coefficient (Wildman–Crippen LogP) is 3.07. The molecule has 2 aromatic rings. The van der Waals surface area contributed by atoms with Gasteiger partial charge in [0.05, 0.1) is 17.6 Å². The van der Waals surface area contributed by atoms with Crippen LogP contribution in [0.5, 0.6) is 0 Å². The fourth-order valence-electron chi connectivity index (χ4n) is 1.56. The van der Waals surface area contributed by atoms with Gasteiger partial charge in [0.25, 0.3) is 0 Å². The van der Waals surface area contributed by atoms with Gasteiger partial charge in [0.1, 0.15) is 0 Å². The number of hydrogen-bond donors (Lipinski definition) is 1. The smallest absolute Gasteiger partial charge is 0.0783 e. The van der Waals surface area contributed by atoms with E-state index in [2.05, 4.69) is 29.5 Å². The molecule has 0 bridgehead atoms. The third-order valence-corrected chi connectivity index (χ3v) is 2.84. The molecule has 1 aromatic heterocycles. The first kappa shape index (κ1) is 13.3. The highest BCUT2D eigenvalue weighted by molar-refractivity contribution is 6.34. The van der Waals surface area contributed by atoms with Crippen molar-refractivity contribution in [2.75, 3.05) is 0 Å². The van der Waals surface area contributed by atoms with Crippen LogP contribution in [0.25, 0.3) is 5.69 Å². The van der Waals surface area contributed by atoms with Crippen LogP contribution >= 0.6 is 23.2 Å². The van der Waals surface area contributed by atoms with Gasteiger partial charge in [-0.1, -0.05) is 42.3 Å². The topological polar surface area (TPSA) is 42.7 Å². The second-order valence-corrected chi connectivity index (χ2v) is 5.17. The molecule has 1 N–H and O–H groups in total. The molecule has 0 amide bonds. The standard InChI is InChI=1S/C12H14Cl2N4/c1-8(2)15-6-12-7-16-17-18(12)11-4-9(13)3-10(14)5-11/h3-5,7-8,15H,6H2,1-2H3. The normalized spacial score (nSPS) is 11.2. The van der Waals surface area contributed by atoms with Crippen molar-refractivity contribution in [2.24, 2.45) is 0 Å². The Morgan fingerprint density at radius 3 is 2.50 bits per heavy atom. The molecule has 0 saturated carbocycles. The van der Waals surface area contributed by atoms with E-state index < -0.39 is 0 Å². The van der Waals surface area contributed by atoms with Crippen LogP contribution in [0.15, 0.2) is 24.4 Å². The predicted molar refractivity (Wildman–Crippen MR) is 73.4 cm³/mol. The van der Waals surface area contributed by atoms with Gasteiger partial charge in [-0.25, -0.2) is 4.68 Å². The van der Waals surface area contributed by atoms with Crippen LogP contribution in [0.2, 0.25) is 10.0 Å². The van der Waals surface area contributed by atoms with Crippen molar-refractivity contribution < 1.29 is 0 Å². The average Bonchev–Trinajstić information content (AvgIpc) is 2.72. The molecule has 0 fully saturated rings. The molecule has 1 heterocycles. The molecule has 0 aliphatic rings. The molecule has 0 atom stereocenters. The number of nitrogens with zero attached hydrogens (tertiary/aromatic N) is 3. The summed E-state index contributed by atoms with van der Waals surface area (Å²) in [7, 11) is 0. The summed E-state index contributed by atoms with van der Waals surface area (Å²) in [6.45, 7) is 4.86. The van der Waals surface area contributed by atoms with E-state index >= 15 is 0 Å². The Morgan fingerprint density at radius 2 is 1.89 bits per heavy atom. The van der Waals surface area contributed by atoms with E-state index in [9.17, 15) is 0 Å². The lowest BCUT2D eigenvalue weighted by molar-refractivity contribution is 0.570. The summed E-state index contributed by atoms with van der Waals surface area (Å²) in [5.41, 5.74) is 1.77. The van der Waals surface area contributed by atoms with Crippen LogP contribution in [-0.4, -0.2) is 21.0 Å². The van der Waals surface area contributed by atoms with Crippen LogP contribution < -0.4 is 5.32 Å². The molecular weight excluding hydrogens is 271 g/mol. The summed E-state index contributed by atoms with van der Waals surface area (Å²) in [6, 6.07) is 5.70. The molecule has 0 aliphatic carbocycles. The third kappa shape index (κ3) is 3.22. The number of nitrogens with one attached hydrogen (secondary N) is 1. The summed E-state index contributed by atoms with van der Waals surface area (Å²) < 4.78 is 1.73. The van der Waals surface area contributed by atoms with Crippen LogP contribution in [0.4, 0.5) is 0 Å². The zero-order chi connectivity index (χ0) is 13.1. The molecule has 2 rings (SSSR count). The van der Waals surface area contributed by atoms with E-state index in [1.54, 1.807) is 29.1 Å². The Bertz CT molecular complexity index is 516. The average molecular weight is 285 g/mol. The van der Waals surface area contributed by atoms with Crippen molar-refractivity contribution in [2.45, 2.75) is 26.4 Å². The lowest BCUT2D eigenvalue weighted by Gasteiger charge is -2.10. The van der Waals surface area contributed by atoms with Gasteiger partial charge >= 0.3 is 0 Å². The highest BCUT2D eigenvalue weighted by Gasteiger charge is 2.08. The summed E-state index contributed by atoms with van der Waals surface area (Å²) in [6.07, 6.45) is 1.73. The van der Waals surface area contributed by atoms with Gasteiger partial charge in [0, 0.05) is 22.6 Å². The molecular formula is C12H14Cl2N4. The molecule has 96 valence electrons. The maximum atomic E-state index is 5.99. The minimum atomic E-state index is 0.399. The fraction of sp³-hybridized carbons (Fsp3) is 0.333. The number of hydrogen-bond acceptors (Lipinski definition) is 3. The first-order valence-electron chi connectivity index (χ1n) is 5.65. The van der Waals surface area contributed by atoms with Crippen molar-refractivity contribution in [1.29, 1.82) is 0 Å². The molecule has 0 saturated heterocycles. The Balaban J connectivity index is 2.30. The quantitative estimate of drug-likeness (QED) is 0.938. The Morgan fingerprint density at radius 1 is 1.22 bits per heavy atom. The summed E-state index contributed by atoms with van der Waals surface area (Å²) in [5, 5.41) is 12.5. The highest BCUT2D eigenvalue weighted by atomic mass is 35.5. The number of rotatable bonds is 4. The maximum absolute atomic E-state index is 5.99. The van der Waals surface area contributed by atoms with Gasteiger partial charge in [-0.2, -0.15) is 0 Å². The van der Waals surface area contributed by atoms with E-state index in [0.29, 0.717) is 22.6 Å². The van der Waals surface area contributed by atoms with E-state index in [-0.39, 0.29) is 0 Å². The van der Waals surface area contributed by atoms with Gasteiger partial charge < -0.3 is 5.32 Å². The molecule has 0 radical (unpaired) electrons. The van der Waals surface area contributed by atoms with Crippen LogP contribution in [-0.2, 0) is 6.54 Å². The maximum Gasteiger partial charge on any atom is 0.0783 e. The minimum absolute atomic E-state index is 0.399. The molecule has 0 spiro atoms. The van der Waals surface area contributed by atoms with Gasteiger partial charge in [-0.3, -0.25) is 0 Å². The molecule has 18 heavy (non-hydrogen) atoms. The summed E-state index contributed by atoms with van der Waals surface area (Å²) in [4.78, 5) is 0. The number of benzene rings is 1. The van der Waals surface area contributed by atoms with Crippen molar-refractivity contribution in [3.05, 3.63) is 40.1 Å². The van der Waals surface area contributed by atoms with Crippen LogP contribution in [0.3, 0.4) is 0 Å². The summed E-state index contributed by atoms with van der Waals surface area (Å²) >= 11 is 12.0. The molecule has 4 nitrogen and oxygen atoms in total. The molecule has 1 aromatic carbocycles. The summed E-state index contributed by atoms with van der Waals surface area (Å²) in [5.74, 6) is 0. The van der Waals surface area contributed by atoms with E-state index in [4.69, 9.17) is 23.2 Å². The van der Waals surface area contributed by atoms with Crippen molar-refractivity contribution >= 4 is 23.2 Å². The lowest BCUT2D eigenvalue weighted by atomic mass is 10.3. The van der Waals surface area contributed by atoms with Crippen LogP contribution in [0, 0.1) is 0 Å². The SMILES string of the molecule is CC(C)NCc1cnnn1-c1cc(Cl)cc(Cl)c1.